The number of furan rings is 1. The van der Waals surface area contributed by atoms with Gasteiger partial charge in [-0.15, -0.1) is 0 Å². The zero-order chi connectivity index (χ0) is 12.8. The van der Waals surface area contributed by atoms with Crippen molar-refractivity contribution in [3.05, 3.63) is 24.2 Å². The Balaban J connectivity index is 2.11. The van der Waals surface area contributed by atoms with Gasteiger partial charge >= 0.3 is 0 Å². The lowest BCUT2D eigenvalue weighted by molar-refractivity contribution is 0.175. The molecule has 0 aromatic carbocycles. The van der Waals surface area contributed by atoms with Crippen molar-refractivity contribution >= 4 is 0 Å². The minimum atomic E-state index is 0.494. The van der Waals surface area contributed by atoms with Gasteiger partial charge in [0.15, 0.2) is 0 Å². The van der Waals surface area contributed by atoms with E-state index in [1.54, 1.807) is 6.26 Å². The molecule has 0 radical (unpaired) electrons. The molecule has 18 heavy (non-hydrogen) atoms. The van der Waals surface area contributed by atoms with Crippen LogP contribution in [0, 0.1) is 11.8 Å². The second kappa shape index (κ2) is 6.98. The van der Waals surface area contributed by atoms with Gasteiger partial charge in [-0.05, 0) is 37.3 Å². The third-order valence-corrected chi connectivity index (χ3v) is 4.44. The van der Waals surface area contributed by atoms with E-state index in [0.717, 1.165) is 18.4 Å². The number of nitrogens with one attached hydrogen (secondary N) is 1. The Morgan fingerprint density at radius 2 is 2.17 bits per heavy atom. The second-order valence-electron chi connectivity index (χ2n) is 5.61. The molecule has 0 aliphatic heterocycles. The first-order valence-electron chi connectivity index (χ1n) is 7.62. The molecule has 2 heteroatoms. The zero-order valence-electron chi connectivity index (χ0n) is 11.8. The van der Waals surface area contributed by atoms with Crippen molar-refractivity contribution in [1.29, 1.82) is 0 Å². The van der Waals surface area contributed by atoms with Gasteiger partial charge in [-0.3, -0.25) is 0 Å². The molecule has 1 aromatic heterocycles. The van der Waals surface area contributed by atoms with Crippen molar-refractivity contribution in [1.82, 2.24) is 5.32 Å². The minimum Gasteiger partial charge on any atom is -0.472 e. The standard InChI is InChI=1S/C16H27NO/c1-3-10-17-16(14-9-11-18-12-14)15-8-6-5-7-13(15)4-2/h9,11-13,15-17H,3-8,10H2,1-2H3. The average molecular weight is 249 g/mol. The average Bonchev–Trinajstić information content (AvgIpc) is 2.94. The van der Waals surface area contributed by atoms with Crippen LogP contribution in [0.15, 0.2) is 23.0 Å². The molecule has 3 unspecified atom stereocenters. The topological polar surface area (TPSA) is 25.2 Å². The first kappa shape index (κ1) is 13.7. The second-order valence-corrected chi connectivity index (χ2v) is 5.61. The Labute approximate surface area is 111 Å². The van der Waals surface area contributed by atoms with Gasteiger partial charge in [0.1, 0.15) is 0 Å². The lowest BCUT2D eigenvalue weighted by atomic mass is 9.72. The van der Waals surface area contributed by atoms with Crippen molar-refractivity contribution in [3.8, 4) is 0 Å². The summed E-state index contributed by atoms with van der Waals surface area (Å²) < 4.78 is 5.30. The molecule has 0 bridgehead atoms. The molecule has 0 spiro atoms. The molecule has 1 aliphatic carbocycles. The molecule has 1 aliphatic rings. The van der Waals surface area contributed by atoms with Crippen LogP contribution >= 0.6 is 0 Å². The van der Waals surface area contributed by atoms with Crippen molar-refractivity contribution in [2.45, 2.75) is 58.4 Å². The van der Waals surface area contributed by atoms with Crippen LogP contribution in [-0.4, -0.2) is 6.54 Å². The summed E-state index contributed by atoms with van der Waals surface area (Å²) in [6.07, 6.45) is 11.8. The van der Waals surface area contributed by atoms with E-state index in [2.05, 4.69) is 25.2 Å². The van der Waals surface area contributed by atoms with Crippen LogP contribution < -0.4 is 5.32 Å². The van der Waals surface area contributed by atoms with Gasteiger partial charge in [-0.2, -0.15) is 0 Å². The highest BCUT2D eigenvalue weighted by atomic mass is 16.3. The van der Waals surface area contributed by atoms with E-state index in [-0.39, 0.29) is 0 Å². The van der Waals surface area contributed by atoms with E-state index >= 15 is 0 Å². The summed E-state index contributed by atoms with van der Waals surface area (Å²) in [4.78, 5) is 0. The normalized spacial score (nSPS) is 26.1. The van der Waals surface area contributed by atoms with E-state index in [0.29, 0.717) is 6.04 Å². The number of hydrogen-bond donors (Lipinski definition) is 1. The Kier molecular flexibility index (Phi) is 5.30. The summed E-state index contributed by atoms with van der Waals surface area (Å²) >= 11 is 0. The molecular weight excluding hydrogens is 222 g/mol. The maximum atomic E-state index is 5.30. The fourth-order valence-corrected chi connectivity index (χ4v) is 3.45. The van der Waals surface area contributed by atoms with Gasteiger partial charge in [0.05, 0.1) is 12.5 Å². The van der Waals surface area contributed by atoms with Crippen molar-refractivity contribution in [2.75, 3.05) is 6.54 Å². The van der Waals surface area contributed by atoms with Crippen LogP contribution in [0.2, 0.25) is 0 Å². The van der Waals surface area contributed by atoms with E-state index in [9.17, 15) is 0 Å². The Morgan fingerprint density at radius 3 is 2.83 bits per heavy atom. The molecule has 1 saturated carbocycles. The highest BCUT2D eigenvalue weighted by Gasteiger charge is 2.31. The Hall–Kier alpha value is -0.760. The molecule has 0 amide bonds. The van der Waals surface area contributed by atoms with Gasteiger partial charge < -0.3 is 9.73 Å². The first-order valence-corrected chi connectivity index (χ1v) is 7.62. The smallest absolute Gasteiger partial charge is 0.0950 e. The molecule has 1 fully saturated rings. The molecular formula is C16H27NO. The van der Waals surface area contributed by atoms with Crippen LogP contribution in [0.5, 0.6) is 0 Å². The lowest BCUT2D eigenvalue weighted by Crippen LogP contribution is -2.34. The Bertz CT molecular complexity index is 320. The lowest BCUT2D eigenvalue weighted by Gasteiger charge is -2.37. The summed E-state index contributed by atoms with van der Waals surface area (Å²) in [5.74, 6) is 1.66. The number of rotatable bonds is 6. The third kappa shape index (κ3) is 3.17. The summed E-state index contributed by atoms with van der Waals surface area (Å²) in [6.45, 7) is 5.68. The van der Waals surface area contributed by atoms with Crippen LogP contribution in [-0.2, 0) is 0 Å². The maximum absolute atomic E-state index is 5.30. The van der Waals surface area contributed by atoms with Crippen molar-refractivity contribution in [2.24, 2.45) is 11.8 Å². The molecule has 2 nitrogen and oxygen atoms in total. The van der Waals surface area contributed by atoms with E-state index in [1.165, 1.54) is 44.1 Å². The molecule has 0 saturated heterocycles. The summed E-state index contributed by atoms with van der Waals surface area (Å²) in [7, 11) is 0. The molecule has 1 N–H and O–H groups in total. The van der Waals surface area contributed by atoms with Crippen molar-refractivity contribution < 1.29 is 4.42 Å². The zero-order valence-corrected chi connectivity index (χ0v) is 11.8. The fraction of sp³-hybridized carbons (Fsp3) is 0.750. The van der Waals surface area contributed by atoms with Gasteiger partial charge in [-0.25, -0.2) is 0 Å². The van der Waals surface area contributed by atoms with Crippen LogP contribution in [0.3, 0.4) is 0 Å². The van der Waals surface area contributed by atoms with Gasteiger partial charge in [-0.1, -0.05) is 39.5 Å². The highest BCUT2D eigenvalue weighted by Crippen LogP contribution is 2.40. The van der Waals surface area contributed by atoms with Crippen molar-refractivity contribution in [3.63, 3.8) is 0 Å². The SMILES string of the molecule is CCCNC(c1ccoc1)C1CCCCC1CC. The molecule has 3 atom stereocenters. The predicted octanol–water partition coefficient (Wildman–Crippen LogP) is 4.54. The van der Waals surface area contributed by atoms with Gasteiger partial charge in [0.25, 0.3) is 0 Å². The monoisotopic (exact) mass is 249 g/mol. The minimum absolute atomic E-state index is 0.494. The molecule has 102 valence electrons. The van der Waals surface area contributed by atoms with Crippen LogP contribution in [0.1, 0.15) is 64.0 Å². The quantitative estimate of drug-likeness (QED) is 0.801. The maximum Gasteiger partial charge on any atom is 0.0950 e. The van der Waals surface area contributed by atoms with Gasteiger partial charge in [0, 0.05) is 11.6 Å². The Morgan fingerprint density at radius 1 is 1.33 bits per heavy atom. The molecule has 1 aromatic rings. The number of hydrogen-bond acceptors (Lipinski definition) is 2. The molecule has 2 rings (SSSR count). The van der Waals surface area contributed by atoms with E-state index in [4.69, 9.17) is 4.42 Å². The summed E-state index contributed by atoms with van der Waals surface area (Å²) in [5.41, 5.74) is 1.34. The summed E-state index contributed by atoms with van der Waals surface area (Å²) in [6, 6.07) is 2.63. The van der Waals surface area contributed by atoms with E-state index < -0.39 is 0 Å². The highest BCUT2D eigenvalue weighted by molar-refractivity contribution is 5.13. The summed E-state index contributed by atoms with van der Waals surface area (Å²) in [5, 5.41) is 3.75. The molecule has 1 heterocycles. The van der Waals surface area contributed by atoms with Crippen LogP contribution in [0.25, 0.3) is 0 Å². The largest absolute Gasteiger partial charge is 0.472 e. The van der Waals surface area contributed by atoms with E-state index in [1.807, 2.05) is 6.26 Å². The van der Waals surface area contributed by atoms with Crippen LogP contribution in [0.4, 0.5) is 0 Å². The fourth-order valence-electron chi connectivity index (χ4n) is 3.45. The third-order valence-electron chi connectivity index (χ3n) is 4.44. The first-order chi connectivity index (χ1) is 8.86. The predicted molar refractivity (Wildman–Crippen MR) is 75.5 cm³/mol. The van der Waals surface area contributed by atoms with Gasteiger partial charge in [0.2, 0.25) is 0 Å².